The summed E-state index contributed by atoms with van der Waals surface area (Å²) in [5, 5.41) is 9.29. The predicted octanol–water partition coefficient (Wildman–Crippen LogP) is 2.62. The fraction of sp³-hybridized carbons (Fsp3) is 0.545. The third kappa shape index (κ3) is 3.09. The van der Waals surface area contributed by atoms with Crippen LogP contribution in [0.4, 0.5) is 0 Å². The summed E-state index contributed by atoms with van der Waals surface area (Å²) in [6.07, 6.45) is 2.87. The van der Waals surface area contributed by atoms with Gasteiger partial charge in [0.2, 0.25) is 0 Å². The average molecular weight is 385 g/mol. The molecule has 0 saturated heterocycles. The van der Waals surface area contributed by atoms with E-state index in [1.807, 2.05) is 24.3 Å². The minimum atomic E-state index is -0.491. The van der Waals surface area contributed by atoms with Crippen LogP contribution in [0.25, 0.3) is 0 Å². The zero-order valence-corrected chi connectivity index (χ0v) is 16.4. The Morgan fingerprint density at radius 3 is 2.86 bits per heavy atom. The van der Waals surface area contributed by atoms with Gasteiger partial charge in [-0.2, -0.15) is 0 Å². The number of methoxy groups -OCH3 is 1. The third-order valence-corrected chi connectivity index (χ3v) is 6.17. The number of hydrogen-bond donors (Lipinski definition) is 1. The number of Topliss-reactive ketones (excluding diaryl/α,β-unsaturated/α-hetero) is 1. The van der Waals surface area contributed by atoms with E-state index in [0.717, 1.165) is 24.8 Å². The van der Waals surface area contributed by atoms with Gasteiger partial charge in [-0.05, 0) is 49.3 Å². The summed E-state index contributed by atoms with van der Waals surface area (Å²) in [7, 11) is 1.59. The normalized spacial score (nSPS) is 29.5. The molecule has 1 fully saturated rings. The maximum atomic E-state index is 13.5. The summed E-state index contributed by atoms with van der Waals surface area (Å²) in [6.45, 7) is 2.52. The smallest absolute Gasteiger partial charge is 0.290 e. The Morgan fingerprint density at radius 2 is 2.11 bits per heavy atom. The van der Waals surface area contributed by atoms with Crippen molar-refractivity contribution in [3.63, 3.8) is 0 Å². The summed E-state index contributed by atoms with van der Waals surface area (Å²) < 4.78 is 11.5. The van der Waals surface area contributed by atoms with Crippen molar-refractivity contribution >= 4 is 11.7 Å². The first-order chi connectivity index (χ1) is 13.5. The van der Waals surface area contributed by atoms with Crippen LogP contribution < -0.4 is 4.74 Å². The van der Waals surface area contributed by atoms with E-state index in [1.54, 1.807) is 12.0 Å². The van der Waals surface area contributed by atoms with Gasteiger partial charge in [-0.3, -0.25) is 9.59 Å². The van der Waals surface area contributed by atoms with Crippen LogP contribution in [-0.2, 0) is 14.3 Å². The first-order valence-electron chi connectivity index (χ1n) is 10.1. The molecule has 0 spiro atoms. The Morgan fingerprint density at radius 1 is 1.29 bits per heavy atom. The lowest BCUT2D eigenvalue weighted by Gasteiger charge is -2.37. The molecule has 2 heterocycles. The van der Waals surface area contributed by atoms with Gasteiger partial charge in [-0.25, -0.2) is 0 Å². The number of benzene rings is 1. The zero-order valence-electron chi connectivity index (χ0n) is 16.4. The Kier molecular flexibility index (Phi) is 5.15. The molecule has 28 heavy (non-hydrogen) atoms. The molecule has 150 valence electrons. The van der Waals surface area contributed by atoms with Crippen LogP contribution in [0, 0.1) is 11.8 Å². The summed E-state index contributed by atoms with van der Waals surface area (Å²) in [5.74, 6) is 0.989. The maximum Gasteiger partial charge on any atom is 0.290 e. The summed E-state index contributed by atoms with van der Waals surface area (Å²) in [6, 6.07) is 6.98. The quantitative estimate of drug-likeness (QED) is 0.843. The molecule has 1 saturated carbocycles. The van der Waals surface area contributed by atoms with Crippen LogP contribution >= 0.6 is 0 Å². The second kappa shape index (κ2) is 7.59. The standard InChI is InChI=1S/C22H27NO5/c1-13-7-8-17-16(11-13)20(25)18-19(14-5-3-6-15(12-14)27-2)23(9-4-10-24)22(26)21(18)28-17/h3,5-6,12-13,16-17,19,24H,4,7-11H2,1-2H3. The van der Waals surface area contributed by atoms with Crippen LogP contribution in [0.2, 0.25) is 0 Å². The molecule has 1 amide bonds. The molecule has 3 aliphatic rings. The number of aliphatic hydroxyl groups is 1. The Balaban J connectivity index is 1.77. The van der Waals surface area contributed by atoms with Crippen molar-refractivity contribution in [1.29, 1.82) is 0 Å². The molecule has 6 nitrogen and oxygen atoms in total. The molecule has 4 atom stereocenters. The van der Waals surface area contributed by atoms with E-state index >= 15 is 0 Å². The van der Waals surface area contributed by atoms with E-state index in [2.05, 4.69) is 6.92 Å². The second-order valence-electron chi connectivity index (χ2n) is 8.04. The van der Waals surface area contributed by atoms with Crippen molar-refractivity contribution in [3.8, 4) is 5.75 Å². The number of aliphatic hydroxyl groups excluding tert-OH is 1. The number of carbonyl (C=O) groups excluding carboxylic acids is 2. The highest BCUT2D eigenvalue weighted by Crippen LogP contribution is 2.47. The molecule has 4 unspecified atom stereocenters. The summed E-state index contributed by atoms with van der Waals surface area (Å²) in [5.41, 5.74) is 1.31. The van der Waals surface area contributed by atoms with Crippen molar-refractivity contribution in [2.24, 2.45) is 11.8 Å². The molecule has 0 bridgehead atoms. The van der Waals surface area contributed by atoms with Crippen LogP contribution in [0.5, 0.6) is 5.75 Å². The molecule has 1 aliphatic carbocycles. The van der Waals surface area contributed by atoms with E-state index in [-0.39, 0.29) is 36.1 Å². The van der Waals surface area contributed by atoms with Crippen molar-refractivity contribution in [2.45, 2.75) is 44.8 Å². The molecule has 1 aromatic rings. The van der Waals surface area contributed by atoms with E-state index in [0.29, 0.717) is 30.2 Å². The monoisotopic (exact) mass is 385 g/mol. The third-order valence-electron chi connectivity index (χ3n) is 6.17. The van der Waals surface area contributed by atoms with E-state index < -0.39 is 6.04 Å². The van der Waals surface area contributed by atoms with E-state index in [9.17, 15) is 14.7 Å². The lowest BCUT2D eigenvalue weighted by molar-refractivity contribution is -0.136. The lowest BCUT2D eigenvalue weighted by Crippen LogP contribution is -2.41. The highest BCUT2D eigenvalue weighted by Gasteiger charge is 2.52. The van der Waals surface area contributed by atoms with Gasteiger partial charge < -0.3 is 19.5 Å². The van der Waals surface area contributed by atoms with Gasteiger partial charge in [0.1, 0.15) is 11.9 Å². The second-order valence-corrected chi connectivity index (χ2v) is 8.04. The van der Waals surface area contributed by atoms with Gasteiger partial charge in [0.25, 0.3) is 5.91 Å². The Hall–Kier alpha value is -2.34. The summed E-state index contributed by atoms with van der Waals surface area (Å²) >= 11 is 0. The number of fused-ring (bicyclic) bond motifs is 1. The van der Waals surface area contributed by atoms with Crippen LogP contribution in [0.15, 0.2) is 35.6 Å². The maximum absolute atomic E-state index is 13.5. The number of hydrogen-bond acceptors (Lipinski definition) is 5. The van der Waals surface area contributed by atoms with Crippen LogP contribution in [0.1, 0.15) is 44.2 Å². The number of ether oxygens (including phenoxy) is 2. The van der Waals surface area contributed by atoms with Crippen LogP contribution in [-0.4, -0.2) is 48.1 Å². The van der Waals surface area contributed by atoms with Gasteiger partial charge in [0.15, 0.2) is 11.5 Å². The fourth-order valence-corrected chi connectivity index (χ4v) is 4.75. The van der Waals surface area contributed by atoms with Crippen molar-refractivity contribution in [2.75, 3.05) is 20.3 Å². The Bertz CT molecular complexity index is 817. The summed E-state index contributed by atoms with van der Waals surface area (Å²) in [4.78, 5) is 28.3. The van der Waals surface area contributed by atoms with Crippen molar-refractivity contribution in [1.82, 2.24) is 4.90 Å². The average Bonchev–Trinajstić information content (AvgIpc) is 2.99. The van der Waals surface area contributed by atoms with Gasteiger partial charge >= 0.3 is 0 Å². The Labute approximate surface area is 165 Å². The molecule has 0 radical (unpaired) electrons. The highest BCUT2D eigenvalue weighted by atomic mass is 16.5. The van der Waals surface area contributed by atoms with Gasteiger partial charge in [0, 0.05) is 13.2 Å². The van der Waals surface area contributed by atoms with Gasteiger partial charge in [-0.1, -0.05) is 19.1 Å². The van der Waals surface area contributed by atoms with Gasteiger partial charge in [0.05, 0.1) is 24.6 Å². The number of nitrogens with zero attached hydrogens (tertiary/aromatic N) is 1. The number of carbonyl (C=O) groups is 2. The van der Waals surface area contributed by atoms with Crippen LogP contribution in [0.3, 0.4) is 0 Å². The molecule has 4 rings (SSSR count). The minimum absolute atomic E-state index is 0.0170. The zero-order chi connectivity index (χ0) is 19.8. The topological polar surface area (TPSA) is 76.1 Å². The molecule has 6 heteroatoms. The molecule has 0 aromatic heterocycles. The van der Waals surface area contributed by atoms with Crippen molar-refractivity contribution in [3.05, 3.63) is 41.2 Å². The largest absolute Gasteiger partial charge is 0.497 e. The first-order valence-corrected chi connectivity index (χ1v) is 10.1. The molecular formula is C22H27NO5. The molecule has 1 N–H and O–H groups in total. The number of rotatable bonds is 5. The van der Waals surface area contributed by atoms with Gasteiger partial charge in [-0.15, -0.1) is 0 Å². The van der Waals surface area contributed by atoms with E-state index in [4.69, 9.17) is 9.47 Å². The predicted molar refractivity (Wildman–Crippen MR) is 103 cm³/mol. The molecule has 1 aromatic carbocycles. The highest BCUT2D eigenvalue weighted by molar-refractivity contribution is 6.11. The van der Waals surface area contributed by atoms with E-state index in [1.165, 1.54) is 0 Å². The minimum Gasteiger partial charge on any atom is -0.497 e. The molecule has 2 aliphatic heterocycles. The lowest BCUT2D eigenvalue weighted by atomic mass is 9.74. The molecular weight excluding hydrogens is 358 g/mol. The number of ketones is 1. The SMILES string of the molecule is COc1cccc(C2C3=C(OC4CCC(C)CC4C3=O)C(=O)N2CCCO)c1. The van der Waals surface area contributed by atoms with Crippen molar-refractivity contribution < 1.29 is 24.2 Å². The first kappa shape index (κ1) is 19.0. The fourth-order valence-electron chi connectivity index (χ4n) is 4.75. The number of amides is 1.